The highest BCUT2D eigenvalue weighted by Gasteiger charge is 2.27. The van der Waals surface area contributed by atoms with Crippen LogP contribution in [0.1, 0.15) is 23.6 Å². The Kier molecular flexibility index (Phi) is 5.03. The van der Waals surface area contributed by atoms with Crippen molar-refractivity contribution in [2.45, 2.75) is 18.9 Å². The first kappa shape index (κ1) is 15.7. The third-order valence-corrected chi connectivity index (χ3v) is 4.27. The predicted octanol–water partition coefficient (Wildman–Crippen LogP) is 2.93. The van der Waals surface area contributed by atoms with Crippen LogP contribution in [0.15, 0.2) is 54.6 Å². The highest BCUT2D eigenvalue weighted by molar-refractivity contribution is 5.77. The third kappa shape index (κ3) is 3.96. The Hall–Kier alpha value is -2.20. The quantitative estimate of drug-likeness (QED) is 0.941. The number of nitrogens with zero attached hydrogens (tertiary/aromatic N) is 1. The van der Waals surface area contributed by atoms with Crippen molar-refractivity contribution in [3.63, 3.8) is 0 Å². The van der Waals surface area contributed by atoms with Gasteiger partial charge in [-0.1, -0.05) is 42.5 Å². The summed E-state index contributed by atoms with van der Waals surface area (Å²) >= 11 is 0. The van der Waals surface area contributed by atoms with Crippen LogP contribution in [0.25, 0.3) is 0 Å². The minimum Gasteiger partial charge on any atom is -0.333 e. The minimum absolute atomic E-state index is 0.0947. The molecule has 3 nitrogen and oxygen atoms in total. The van der Waals surface area contributed by atoms with E-state index in [0.29, 0.717) is 19.5 Å². The lowest BCUT2D eigenvalue weighted by Gasteiger charge is -2.36. The smallest absolute Gasteiger partial charge is 0.223 e. The second-order valence-corrected chi connectivity index (χ2v) is 5.85. The normalized spacial score (nSPS) is 18.0. The number of aryl methyl sites for hydroxylation is 1. The molecule has 0 radical (unpaired) electrons. The molecule has 2 aromatic rings. The van der Waals surface area contributed by atoms with Crippen LogP contribution in [0.4, 0.5) is 4.39 Å². The van der Waals surface area contributed by atoms with E-state index >= 15 is 0 Å². The van der Waals surface area contributed by atoms with Gasteiger partial charge in [-0.15, -0.1) is 0 Å². The summed E-state index contributed by atoms with van der Waals surface area (Å²) in [6.45, 7) is 2.11. The van der Waals surface area contributed by atoms with E-state index in [9.17, 15) is 9.18 Å². The van der Waals surface area contributed by atoms with Gasteiger partial charge in [0, 0.05) is 26.1 Å². The Balaban J connectivity index is 1.69. The molecular formula is C19H21FN2O. The number of carbonyl (C=O) groups is 1. The summed E-state index contributed by atoms with van der Waals surface area (Å²) < 4.78 is 13.5. The van der Waals surface area contributed by atoms with E-state index in [2.05, 4.69) is 5.32 Å². The lowest BCUT2D eigenvalue weighted by atomic mass is 10.0. The van der Waals surface area contributed by atoms with Crippen molar-refractivity contribution in [1.82, 2.24) is 10.2 Å². The molecule has 1 fully saturated rings. The summed E-state index contributed by atoms with van der Waals surface area (Å²) in [4.78, 5) is 14.5. The number of hydrogen-bond donors (Lipinski definition) is 1. The van der Waals surface area contributed by atoms with Gasteiger partial charge in [0.2, 0.25) is 5.91 Å². The van der Waals surface area contributed by atoms with Crippen LogP contribution in [0.2, 0.25) is 0 Å². The van der Waals surface area contributed by atoms with Gasteiger partial charge in [-0.05, 0) is 29.7 Å². The summed E-state index contributed by atoms with van der Waals surface area (Å²) in [6, 6.07) is 16.5. The van der Waals surface area contributed by atoms with Crippen LogP contribution in [0.3, 0.4) is 0 Å². The van der Waals surface area contributed by atoms with Gasteiger partial charge in [-0.2, -0.15) is 0 Å². The van der Waals surface area contributed by atoms with Crippen LogP contribution in [-0.2, 0) is 11.2 Å². The fourth-order valence-corrected chi connectivity index (χ4v) is 3.05. The molecular weight excluding hydrogens is 291 g/mol. The van der Waals surface area contributed by atoms with Crippen molar-refractivity contribution in [3.05, 3.63) is 71.5 Å². The number of piperazine rings is 1. The molecule has 1 aliphatic heterocycles. The average molecular weight is 312 g/mol. The maximum absolute atomic E-state index is 13.5. The molecule has 0 aromatic heterocycles. The number of amides is 1. The Bertz CT molecular complexity index is 659. The van der Waals surface area contributed by atoms with E-state index in [-0.39, 0.29) is 17.8 Å². The fourth-order valence-electron chi connectivity index (χ4n) is 3.05. The van der Waals surface area contributed by atoms with Gasteiger partial charge in [0.05, 0.1) is 6.04 Å². The molecule has 120 valence electrons. The number of halogens is 1. The van der Waals surface area contributed by atoms with Crippen molar-refractivity contribution < 1.29 is 9.18 Å². The van der Waals surface area contributed by atoms with E-state index in [4.69, 9.17) is 0 Å². The lowest BCUT2D eigenvalue weighted by molar-refractivity contribution is -0.134. The predicted molar refractivity (Wildman–Crippen MR) is 88.5 cm³/mol. The van der Waals surface area contributed by atoms with Gasteiger partial charge < -0.3 is 10.2 Å². The van der Waals surface area contributed by atoms with Crippen LogP contribution in [0.5, 0.6) is 0 Å². The monoisotopic (exact) mass is 312 g/mol. The van der Waals surface area contributed by atoms with Gasteiger partial charge in [-0.25, -0.2) is 4.39 Å². The standard InChI is InChI=1S/C19H21FN2O/c20-17-8-4-7-16(13-17)18-14-21-11-12-22(18)19(23)10-9-15-5-2-1-3-6-15/h1-8,13,18,21H,9-12,14H2. The van der Waals surface area contributed by atoms with E-state index in [1.54, 1.807) is 6.07 Å². The Morgan fingerprint density at radius 1 is 1.17 bits per heavy atom. The molecule has 0 spiro atoms. The zero-order valence-corrected chi connectivity index (χ0v) is 13.0. The summed E-state index contributed by atoms with van der Waals surface area (Å²) in [6.07, 6.45) is 1.22. The topological polar surface area (TPSA) is 32.3 Å². The Morgan fingerprint density at radius 3 is 2.78 bits per heavy atom. The third-order valence-electron chi connectivity index (χ3n) is 4.27. The molecule has 23 heavy (non-hydrogen) atoms. The number of carbonyl (C=O) groups excluding carboxylic acids is 1. The molecule has 3 rings (SSSR count). The number of benzene rings is 2. The first-order chi connectivity index (χ1) is 11.2. The molecule has 1 atom stereocenters. The van der Waals surface area contributed by atoms with Gasteiger partial charge in [0.1, 0.15) is 5.82 Å². The van der Waals surface area contributed by atoms with Crippen LogP contribution in [-0.4, -0.2) is 30.4 Å². The van der Waals surface area contributed by atoms with Gasteiger partial charge in [0.25, 0.3) is 0 Å². The van der Waals surface area contributed by atoms with E-state index < -0.39 is 0 Å². The molecule has 1 heterocycles. The molecule has 4 heteroatoms. The number of nitrogens with one attached hydrogen (secondary N) is 1. The average Bonchev–Trinajstić information content (AvgIpc) is 2.60. The zero-order chi connectivity index (χ0) is 16.1. The van der Waals surface area contributed by atoms with E-state index in [1.807, 2.05) is 41.3 Å². The van der Waals surface area contributed by atoms with Gasteiger partial charge in [-0.3, -0.25) is 4.79 Å². The molecule has 1 N–H and O–H groups in total. The van der Waals surface area contributed by atoms with Crippen molar-refractivity contribution in [1.29, 1.82) is 0 Å². The first-order valence-electron chi connectivity index (χ1n) is 8.03. The molecule has 1 saturated heterocycles. The molecule has 1 unspecified atom stereocenters. The van der Waals surface area contributed by atoms with Crippen LogP contribution < -0.4 is 5.32 Å². The van der Waals surface area contributed by atoms with Crippen molar-refractivity contribution in [2.24, 2.45) is 0 Å². The van der Waals surface area contributed by atoms with Crippen LogP contribution in [0, 0.1) is 5.82 Å². The molecule has 2 aromatic carbocycles. The second-order valence-electron chi connectivity index (χ2n) is 5.85. The minimum atomic E-state index is -0.259. The summed E-state index contributed by atoms with van der Waals surface area (Å²) in [7, 11) is 0. The second kappa shape index (κ2) is 7.38. The number of hydrogen-bond acceptors (Lipinski definition) is 2. The highest BCUT2D eigenvalue weighted by Crippen LogP contribution is 2.24. The van der Waals surface area contributed by atoms with Gasteiger partial charge in [0.15, 0.2) is 0 Å². The molecule has 0 aliphatic carbocycles. The van der Waals surface area contributed by atoms with Crippen molar-refractivity contribution in [2.75, 3.05) is 19.6 Å². The van der Waals surface area contributed by atoms with Gasteiger partial charge >= 0.3 is 0 Å². The summed E-state index contributed by atoms with van der Waals surface area (Å²) in [5.41, 5.74) is 2.02. The Labute approximate surface area is 136 Å². The largest absolute Gasteiger partial charge is 0.333 e. The first-order valence-corrected chi connectivity index (χ1v) is 8.03. The van der Waals surface area contributed by atoms with Crippen molar-refractivity contribution >= 4 is 5.91 Å². The highest BCUT2D eigenvalue weighted by atomic mass is 19.1. The fraction of sp³-hybridized carbons (Fsp3) is 0.316. The SMILES string of the molecule is O=C(CCc1ccccc1)N1CCNCC1c1cccc(F)c1. The molecule has 1 amide bonds. The molecule has 0 saturated carbocycles. The summed E-state index contributed by atoms with van der Waals surface area (Å²) in [5, 5.41) is 3.30. The maximum atomic E-state index is 13.5. The van der Waals surface area contributed by atoms with E-state index in [0.717, 1.165) is 18.5 Å². The molecule has 0 bridgehead atoms. The van der Waals surface area contributed by atoms with Crippen LogP contribution >= 0.6 is 0 Å². The van der Waals surface area contributed by atoms with Crippen molar-refractivity contribution in [3.8, 4) is 0 Å². The number of rotatable bonds is 4. The Morgan fingerprint density at radius 2 is 2.00 bits per heavy atom. The van der Waals surface area contributed by atoms with E-state index in [1.165, 1.54) is 17.7 Å². The summed E-state index contributed by atoms with van der Waals surface area (Å²) in [5.74, 6) is -0.130. The lowest BCUT2D eigenvalue weighted by Crippen LogP contribution is -2.48. The zero-order valence-electron chi connectivity index (χ0n) is 13.0. The molecule has 1 aliphatic rings. The maximum Gasteiger partial charge on any atom is 0.223 e.